The first kappa shape index (κ1) is 15.6. The van der Waals surface area contributed by atoms with Crippen LogP contribution in [0.4, 0.5) is 0 Å². The molecule has 1 atom stereocenters. The summed E-state index contributed by atoms with van der Waals surface area (Å²) < 4.78 is 0. The van der Waals surface area contributed by atoms with Crippen LogP contribution in [0.3, 0.4) is 0 Å². The van der Waals surface area contributed by atoms with Crippen molar-refractivity contribution in [1.29, 1.82) is 0 Å². The van der Waals surface area contributed by atoms with Gasteiger partial charge in [-0.05, 0) is 36.6 Å². The van der Waals surface area contributed by atoms with Crippen LogP contribution in [0, 0.1) is 11.8 Å². The van der Waals surface area contributed by atoms with Gasteiger partial charge in [0.2, 0.25) is 0 Å². The second-order valence-corrected chi connectivity index (χ2v) is 5.86. The average Bonchev–Trinajstić information content (AvgIpc) is 2.50. The van der Waals surface area contributed by atoms with Crippen molar-refractivity contribution in [3.63, 3.8) is 0 Å². The fraction of sp³-hybridized carbons (Fsp3) is 0.400. The summed E-state index contributed by atoms with van der Waals surface area (Å²) in [5, 5.41) is 12.7. The van der Waals surface area contributed by atoms with Gasteiger partial charge in [0.25, 0.3) is 0 Å². The van der Waals surface area contributed by atoms with E-state index in [1.54, 1.807) is 0 Å². The van der Waals surface area contributed by atoms with E-state index in [2.05, 4.69) is 37.0 Å². The Morgan fingerprint density at radius 1 is 1.00 bits per heavy atom. The first-order valence-electron chi connectivity index (χ1n) is 7.86. The SMILES string of the molecule is CCCCCCC(C)(O)C#Cc1cccc2ccccc12. The monoisotopic (exact) mass is 280 g/mol. The summed E-state index contributed by atoms with van der Waals surface area (Å²) in [7, 11) is 0. The number of fused-ring (bicyclic) bond motifs is 1. The highest BCUT2D eigenvalue weighted by molar-refractivity contribution is 5.88. The van der Waals surface area contributed by atoms with Gasteiger partial charge in [-0.3, -0.25) is 0 Å². The maximum absolute atomic E-state index is 10.4. The van der Waals surface area contributed by atoms with Gasteiger partial charge in [-0.15, -0.1) is 0 Å². The lowest BCUT2D eigenvalue weighted by molar-refractivity contribution is 0.109. The van der Waals surface area contributed by atoms with E-state index >= 15 is 0 Å². The largest absolute Gasteiger partial charge is 0.378 e. The van der Waals surface area contributed by atoms with Crippen LogP contribution in [0.5, 0.6) is 0 Å². The minimum absolute atomic E-state index is 0.741. The lowest BCUT2D eigenvalue weighted by Gasteiger charge is -2.15. The molecule has 0 amide bonds. The van der Waals surface area contributed by atoms with Crippen molar-refractivity contribution >= 4 is 10.8 Å². The molecule has 2 aromatic carbocycles. The Bertz CT molecular complexity index is 638. The summed E-state index contributed by atoms with van der Waals surface area (Å²) in [6.45, 7) is 4.01. The van der Waals surface area contributed by atoms with E-state index in [-0.39, 0.29) is 0 Å². The lowest BCUT2D eigenvalue weighted by atomic mass is 9.97. The van der Waals surface area contributed by atoms with Gasteiger partial charge in [-0.1, -0.05) is 74.4 Å². The van der Waals surface area contributed by atoms with Crippen molar-refractivity contribution in [3.8, 4) is 11.8 Å². The molecule has 0 bridgehead atoms. The summed E-state index contributed by atoms with van der Waals surface area (Å²) in [6, 6.07) is 14.3. The molecular weight excluding hydrogens is 256 g/mol. The third-order valence-corrected chi connectivity index (χ3v) is 3.77. The highest BCUT2D eigenvalue weighted by atomic mass is 16.3. The van der Waals surface area contributed by atoms with Crippen molar-refractivity contribution in [3.05, 3.63) is 48.0 Å². The van der Waals surface area contributed by atoms with Crippen molar-refractivity contribution in [2.45, 2.75) is 51.6 Å². The second-order valence-electron chi connectivity index (χ2n) is 5.86. The molecule has 0 fully saturated rings. The zero-order chi connectivity index (χ0) is 15.1. The van der Waals surface area contributed by atoms with Gasteiger partial charge in [0.1, 0.15) is 5.60 Å². The zero-order valence-corrected chi connectivity index (χ0v) is 13.0. The molecule has 110 valence electrons. The third-order valence-electron chi connectivity index (χ3n) is 3.77. The Morgan fingerprint density at radius 2 is 1.76 bits per heavy atom. The Hall–Kier alpha value is -1.78. The molecule has 1 N–H and O–H groups in total. The molecule has 2 rings (SSSR count). The number of aliphatic hydroxyl groups is 1. The van der Waals surface area contributed by atoms with Crippen LogP contribution >= 0.6 is 0 Å². The maximum Gasteiger partial charge on any atom is 0.123 e. The summed E-state index contributed by atoms with van der Waals surface area (Å²) in [4.78, 5) is 0. The van der Waals surface area contributed by atoms with Crippen LogP contribution in [0.1, 0.15) is 51.5 Å². The Morgan fingerprint density at radius 3 is 2.57 bits per heavy atom. The van der Waals surface area contributed by atoms with Crippen molar-refractivity contribution in [1.82, 2.24) is 0 Å². The van der Waals surface area contributed by atoms with Gasteiger partial charge < -0.3 is 5.11 Å². The van der Waals surface area contributed by atoms with Crippen LogP contribution in [-0.4, -0.2) is 10.7 Å². The fourth-order valence-corrected chi connectivity index (χ4v) is 2.49. The summed E-state index contributed by atoms with van der Waals surface area (Å²) in [5.41, 5.74) is 0.0898. The molecule has 0 aliphatic rings. The molecule has 0 aliphatic carbocycles. The van der Waals surface area contributed by atoms with Crippen molar-refractivity contribution < 1.29 is 5.11 Å². The Kier molecular flexibility index (Phi) is 5.42. The molecular formula is C20H24O. The molecule has 0 saturated carbocycles. The first-order valence-corrected chi connectivity index (χ1v) is 7.86. The first-order chi connectivity index (χ1) is 10.1. The van der Waals surface area contributed by atoms with E-state index < -0.39 is 5.60 Å². The number of hydrogen-bond donors (Lipinski definition) is 1. The second kappa shape index (κ2) is 7.29. The molecule has 1 unspecified atom stereocenters. The minimum Gasteiger partial charge on any atom is -0.378 e. The zero-order valence-electron chi connectivity index (χ0n) is 13.0. The van der Waals surface area contributed by atoms with Crippen molar-refractivity contribution in [2.75, 3.05) is 0 Å². The normalized spacial score (nSPS) is 13.5. The Labute approximate surface area is 128 Å². The molecule has 0 radical (unpaired) electrons. The average molecular weight is 280 g/mol. The molecule has 0 heterocycles. The smallest absolute Gasteiger partial charge is 0.123 e. The minimum atomic E-state index is -0.898. The van der Waals surface area contributed by atoms with E-state index in [1.165, 1.54) is 24.6 Å². The number of benzene rings is 2. The maximum atomic E-state index is 10.4. The summed E-state index contributed by atoms with van der Waals surface area (Å²) in [6.07, 6.45) is 5.38. The number of hydrogen-bond acceptors (Lipinski definition) is 1. The van der Waals surface area contributed by atoms with E-state index in [1.807, 2.05) is 31.2 Å². The topological polar surface area (TPSA) is 20.2 Å². The molecule has 0 spiro atoms. The molecule has 21 heavy (non-hydrogen) atoms. The molecule has 0 aromatic heterocycles. The van der Waals surface area contributed by atoms with Gasteiger partial charge in [-0.25, -0.2) is 0 Å². The summed E-state index contributed by atoms with van der Waals surface area (Å²) >= 11 is 0. The van der Waals surface area contributed by atoms with E-state index in [0.29, 0.717) is 0 Å². The Balaban J connectivity index is 2.13. The predicted octanol–water partition coefficient (Wildman–Crippen LogP) is 4.91. The van der Waals surface area contributed by atoms with E-state index in [9.17, 15) is 5.11 Å². The number of unbranched alkanes of at least 4 members (excludes halogenated alkanes) is 3. The van der Waals surface area contributed by atoms with Crippen LogP contribution in [0.25, 0.3) is 10.8 Å². The molecule has 2 aromatic rings. The standard InChI is InChI=1S/C20H24O/c1-3-4-5-8-15-20(2,21)16-14-18-12-9-11-17-10-6-7-13-19(17)18/h6-7,9-13,21H,3-5,8,15H2,1-2H3. The van der Waals surface area contributed by atoms with Crippen molar-refractivity contribution in [2.24, 2.45) is 0 Å². The molecule has 1 nitrogen and oxygen atoms in total. The highest BCUT2D eigenvalue weighted by Gasteiger charge is 2.15. The van der Waals surface area contributed by atoms with Gasteiger partial charge >= 0.3 is 0 Å². The van der Waals surface area contributed by atoms with Crippen LogP contribution in [-0.2, 0) is 0 Å². The van der Waals surface area contributed by atoms with E-state index in [4.69, 9.17) is 0 Å². The fourth-order valence-electron chi connectivity index (χ4n) is 2.49. The van der Waals surface area contributed by atoms with Gasteiger partial charge in [-0.2, -0.15) is 0 Å². The van der Waals surface area contributed by atoms with Crippen LogP contribution in [0.15, 0.2) is 42.5 Å². The predicted molar refractivity (Wildman–Crippen MR) is 90.2 cm³/mol. The van der Waals surface area contributed by atoms with Crippen LogP contribution < -0.4 is 0 Å². The van der Waals surface area contributed by atoms with Crippen LogP contribution in [0.2, 0.25) is 0 Å². The summed E-state index contributed by atoms with van der Waals surface area (Å²) in [5.74, 6) is 6.22. The number of rotatable bonds is 5. The highest BCUT2D eigenvalue weighted by Crippen LogP contribution is 2.19. The molecule has 0 saturated heterocycles. The van der Waals surface area contributed by atoms with Gasteiger partial charge in [0.15, 0.2) is 0 Å². The third kappa shape index (κ3) is 4.62. The molecule has 0 aliphatic heterocycles. The van der Waals surface area contributed by atoms with E-state index in [0.717, 1.165) is 23.8 Å². The van der Waals surface area contributed by atoms with Gasteiger partial charge in [0, 0.05) is 5.56 Å². The van der Waals surface area contributed by atoms with Gasteiger partial charge in [0.05, 0.1) is 0 Å². The molecule has 1 heteroatoms. The lowest BCUT2D eigenvalue weighted by Crippen LogP contribution is -2.21. The quantitative estimate of drug-likeness (QED) is 0.609.